The summed E-state index contributed by atoms with van der Waals surface area (Å²) in [4.78, 5) is 21.3. The van der Waals surface area contributed by atoms with Crippen LogP contribution in [0.1, 0.15) is 11.1 Å². The maximum atomic E-state index is 13.3. The van der Waals surface area contributed by atoms with E-state index < -0.39 is 17.8 Å². The minimum atomic E-state index is -4.54. The van der Waals surface area contributed by atoms with Gasteiger partial charge >= 0.3 is 12.2 Å². The molecule has 1 aliphatic rings. The Morgan fingerprint density at radius 1 is 0.857 bits per heavy atom. The van der Waals surface area contributed by atoms with Gasteiger partial charge in [0.2, 0.25) is 5.95 Å². The van der Waals surface area contributed by atoms with E-state index in [0.717, 1.165) is 28.6 Å². The lowest BCUT2D eigenvalue weighted by Crippen LogP contribution is -2.50. The molecule has 0 saturated carbocycles. The Bertz CT molecular complexity index is 1330. The number of hydrogen-bond acceptors (Lipinski definition) is 3. The molecule has 1 saturated heterocycles. The molecule has 5 rings (SSSR count). The van der Waals surface area contributed by atoms with Crippen molar-refractivity contribution in [2.75, 3.05) is 36.4 Å². The lowest BCUT2D eigenvalue weighted by molar-refractivity contribution is -0.136. The van der Waals surface area contributed by atoms with Crippen LogP contribution in [0.2, 0.25) is 0 Å². The molecule has 2 amide bonds. The predicted molar refractivity (Wildman–Crippen MR) is 130 cm³/mol. The number of piperazine rings is 1. The Labute approximate surface area is 200 Å². The van der Waals surface area contributed by atoms with Crippen molar-refractivity contribution < 1.29 is 18.0 Å². The molecule has 180 valence electrons. The van der Waals surface area contributed by atoms with Crippen LogP contribution in [-0.4, -0.2) is 46.7 Å². The van der Waals surface area contributed by atoms with Crippen molar-refractivity contribution in [2.45, 2.75) is 12.7 Å². The van der Waals surface area contributed by atoms with Crippen molar-refractivity contribution in [3.05, 3.63) is 90.0 Å². The number of halogens is 3. The van der Waals surface area contributed by atoms with Gasteiger partial charge in [0.25, 0.3) is 0 Å². The summed E-state index contributed by atoms with van der Waals surface area (Å²) >= 11 is 0. The number of hydrogen-bond donors (Lipinski definition) is 1. The van der Waals surface area contributed by atoms with Crippen molar-refractivity contribution in [2.24, 2.45) is 0 Å². The Morgan fingerprint density at radius 3 is 2.26 bits per heavy atom. The number of carbonyl (C=O) groups excluding carboxylic acids is 1. The lowest BCUT2D eigenvalue weighted by Gasteiger charge is -2.35. The number of nitrogens with zero attached hydrogens (tertiary/aromatic N) is 4. The number of amides is 2. The van der Waals surface area contributed by atoms with Crippen LogP contribution in [-0.2, 0) is 12.7 Å². The number of imidazole rings is 1. The molecule has 0 atom stereocenters. The summed E-state index contributed by atoms with van der Waals surface area (Å²) < 4.78 is 42.0. The van der Waals surface area contributed by atoms with E-state index in [4.69, 9.17) is 4.98 Å². The fourth-order valence-electron chi connectivity index (χ4n) is 4.37. The molecule has 6 nitrogen and oxygen atoms in total. The normalized spacial score (nSPS) is 14.4. The van der Waals surface area contributed by atoms with E-state index in [0.29, 0.717) is 32.7 Å². The molecular formula is C26H24F3N5O. The first kappa shape index (κ1) is 22.8. The molecular weight excluding hydrogens is 455 g/mol. The highest BCUT2D eigenvalue weighted by atomic mass is 19.4. The smallest absolute Gasteiger partial charge is 0.339 e. The number of benzene rings is 3. The van der Waals surface area contributed by atoms with Gasteiger partial charge in [0.05, 0.1) is 28.8 Å². The first-order chi connectivity index (χ1) is 16.9. The zero-order chi connectivity index (χ0) is 24.4. The minimum Gasteiger partial charge on any atom is -0.339 e. The van der Waals surface area contributed by atoms with Gasteiger partial charge in [-0.3, -0.25) is 0 Å². The maximum absolute atomic E-state index is 13.3. The molecule has 9 heteroatoms. The Morgan fingerprint density at radius 2 is 1.51 bits per heavy atom. The lowest BCUT2D eigenvalue weighted by atomic mass is 10.1. The van der Waals surface area contributed by atoms with Gasteiger partial charge < -0.3 is 19.7 Å². The molecule has 0 radical (unpaired) electrons. The van der Waals surface area contributed by atoms with Crippen LogP contribution >= 0.6 is 0 Å². The Hall–Kier alpha value is -4.01. The summed E-state index contributed by atoms with van der Waals surface area (Å²) in [6.07, 6.45) is -4.54. The van der Waals surface area contributed by atoms with Gasteiger partial charge in [-0.15, -0.1) is 0 Å². The second-order valence-electron chi connectivity index (χ2n) is 8.42. The average Bonchev–Trinajstić information content (AvgIpc) is 3.23. The number of fused-ring (bicyclic) bond motifs is 1. The summed E-state index contributed by atoms with van der Waals surface area (Å²) in [5.41, 5.74) is 1.97. The fraction of sp³-hybridized carbons (Fsp3) is 0.231. The van der Waals surface area contributed by atoms with Crippen LogP contribution in [0.4, 0.5) is 29.6 Å². The van der Waals surface area contributed by atoms with Crippen LogP contribution in [0.15, 0.2) is 78.9 Å². The second-order valence-corrected chi connectivity index (χ2v) is 8.42. The zero-order valence-electron chi connectivity index (χ0n) is 18.9. The van der Waals surface area contributed by atoms with E-state index in [2.05, 4.69) is 26.9 Å². The van der Waals surface area contributed by atoms with Gasteiger partial charge in [-0.25, -0.2) is 9.78 Å². The molecule has 1 fully saturated rings. The fourth-order valence-corrected chi connectivity index (χ4v) is 4.37. The van der Waals surface area contributed by atoms with Gasteiger partial charge in [0.15, 0.2) is 0 Å². The third-order valence-corrected chi connectivity index (χ3v) is 6.14. The first-order valence-electron chi connectivity index (χ1n) is 11.4. The molecule has 0 bridgehead atoms. The molecule has 1 N–H and O–H groups in total. The summed E-state index contributed by atoms with van der Waals surface area (Å²) in [5.74, 6) is 0.817. The van der Waals surface area contributed by atoms with Gasteiger partial charge in [-0.2, -0.15) is 13.2 Å². The molecule has 1 aromatic heterocycles. The first-order valence-corrected chi connectivity index (χ1v) is 11.4. The summed E-state index contributed by atoms with van der Waals surface area (Å²) in [6, 6.07) is 22.5. The highest BCUT2D eigenvalue weighted by Crippen LogP contribution is 2.34. The topological polar surface area (TPSA) is 53.4 Å². The van der Waals surface area contributed by atoms with E-state index >= 15 is 0 Å². The van der Waals surface area contributed by atoms with Gasteiger partial charge in [-0.1, -0.05) is 54.6 Å². The summed E-state index contributed by atoms with van der Waals surface area (Å²) in [5, 5.41) is 2.43. The SMILES string of the molecule is O=C(Nc1ccccc1C(F)(F)F)N1CCN(c2nc3ccccc3n2Cc2ccccc2)CC1. The van der Waals surface area contributed by atoms with E-state index in [1.54, 1.807) is 0 Å². The Kier molecular flexibility index (Phi) is 6.07. The van der Waals surface area contributed by atoms with Crippen LogP contribution < -0.4 is 10.2 Å². The number of aromatic nitrogens is 2. The highest BCUT2D eigenvalue weighted by Gasteiger charge is 2.34. The summed E-state index contributed by atoms with van der Waals surface area (Å²) in [7, 11) is 0. The van der Waals surface area contributed by atoms with Gasteiger partial charge in [-0.05, 0) is 29.8 Å². The van der Waals surface area contributed by atoms with Crippen molar-refractivity contribution in [1.82, 2.24) is 14.5 Å². The number of carbonyl (C=O) groups is 1. The van der Waals surface area contributed by atoms with Crippen molar-refractivity contribution in [3.63, 3.8) is 0 Å². The third kappa shape index (κ3) is 4.80. The highest BCUT2D eigenvalue weighted by molar-refractivity contribution is 5.90. The number of alkyl halides is 3. The second kappa shape index (κ2) is 9.32. The minimum absolute atomic E-state index is 0.239. The van der Waals surface area contributed by atoms with Gasteiger partial charge in [0, 0.05) is 26.2 Å². The standard InChI is InChI=1S/C26H24F3N5O/c27-26(28,29)20-10-4-5-11-21(20)31-25(35)33-16-14-32(15-17-33)24-30-22-12-6-7-13-23(22)34(24)18-19-8-2-1-3-9-19/h1-13H,14-18H2,(H,31,35). The zero-order valence-corrected chi connectivity index (χ0v) is 18.9. The van der Waals surface area contributed by atoms with Gasteiger partial charge in [0.1, 0.15) is 0 Å². The van der Waals surface area contributed by atoms with E-state index in [1.807, 2.05) is 42.5 Å². The largest absolute Gasteiger partial charge is 0.418 e. The maximum Gasteiger partial charge on any atom is 0.418 e. The van der Waals surface area contributed by atoms with E-state index in [1.165, 1.54) is 23.1 Å². The quantitative estimate of drug-likeness (QED) is 0.423. The molecule has 2 heterocycles. The number of urea groups is 1. The molecule has 35 heavy (non-hydrogen) atoms. The van der Waals surface area contributed by atoms with Crippen molar-refractivity contribution in [1.29, 1.82) is 0 Å². The van der Waals surface area contributed by atoms with Crippen molar-refractivity contribution in [3.8, 4) is 0 Å². The van der Waals surface area contributed by atoms with E-state index in [-0.39, 0.29) is 5.69 Å². The monoisotopic (exact) mass is 479 g/mol. The number of rotatable bonds is 4. The van der Waals surface area contributed by atoms with Crippen LogP contribution in [0, 0.1) is 0 Å². The molecule has 4 aromatic rings. The molecule has 0 aliphatic carbocycles. The number of para-hydroxylation sites is 3. The molecule has 0 spiro atoms. The number of anilines is 2. The molecule has 0 unspecified atom stereocenters. The number of nitrogens with one attached hydrogen (secondary N) is 1. The Balaban J connectivity index is 1.32. The summed E-state index contributed by atoms with van der Waals surface area (Å²) in [6.45, 7) is 2.44. The average molecular weight is 480 g/mol. The van der Waals surface area contributed by atoms with Crippen LogP contribution in [0.3, 0.4) is 0 Å². The predicted octanol–water partition coefficient (Wildman–Crippen LogP) is 5.46. The third-order valence-electron chi connectivity index (χ3n) is 6.14. The van der Waals surface area contributed by atoms with Crippen LogP contribution in [0.5, 0.6) is 0 Å². The van der Waals surface area contributed by atoms with Crippen molar-refractivity contribution >= 4 is 28.7 Å². The molecule has 1 aliphatic heterocycles. The molecule has 3 aromatic carbocycles. The van der Waals surface area contributed by atoms with Crippen LogP contribution in [0.25, 0.3) is 11.0 Å². The van der Waals surface area contributed by atoms with E-state index in [9.17, 15) is 18.0 Å².